The highest BCUT2D eigenvalue weighted by molar-refractivity contribution is 6.11. The molecule has 1 unspecified atom stereocenters. The van der Waals surface area contributed by atoms with Crippen LogP contribution in [-0.4, -0.2) is 27.1 Å². The first-order valence-corrected chi connectivity index (χ1v) is 8.67. The van der Waals surface area contributed by atoms with Gasteiger partial charge < -0.3 is 15.3 Å². The highest BCUT2D eigenvalue weighted by atomic mass is 16.4. The van der Waals surface area contributed by atoms with Crippen molar-refractivity contribution in [1.29, 1.82) is 0 Å². The minimum Gasteiger partial charge on any atom is -0.504 e. The molecule has 2 aromatic rings. The highest BCUT2D eigenvalue weighted by Gasteiger charge is 2.26. The van der Waals surface area contributed by atoms with Crippen LogP contribution >= 0.6 is 0 Å². The number of carboxylic acids is 1. The monoisotopic (exact) mass is 356 g/mol. The molecule has 2 aromatic carbocycles. The van der Waals surface area contributed by atoms with Crippen LogP contribution in [0.25, 0.3) is 0 Å². The smallest absolute Gasteiger partial charge is 0.311 e. The largest absolute Gasteiger partial charge is 0.504 e. The van der Waals surface area contributed by atoms with E-state index in [0.29, 0.717) is 11.5 Å². The lowest BCUT2D eigenvalue weighted by Gasteiger charge is -2.15. The van der Waals surface area contributed by atoms with E-state index in [1.807, 2.05) is 12.1 Å². The van der Waals surface area contributed by atoms with Gasteiger partial charge in [-0.15, -0.1) is 0 Å². The molecule has 0 amide bonds. The third-order valence-electron chi connectivity index (χ3n) is 4.37. The summed E-state index contributed by atoms with van der Waals surface area (Å²) in [5.41, 5.74) is 1.56. The molecule has 0 aliphatic carbocycles. The van der Waals surface area contributed by atoms with Gasteiger partial charge in [0.2, 0.25) is 0 Å². The highest BCUT2D eigenvalue weighted by Crippen LogP contribution is 2.38. The lowest BCUT2D eigenvalue weighted by Crippen LogP contribution is -2.11. The maximum Gasteiger partial charge on any atom is 0.311 e. The Bertz CT molecular complexity index is 806. The van der Waals surface area contributed by atoms with Crippen LogP contribution in [0.3, 0.4) is 0 Å². The molecule has 0 saturated carbocycles. The average molecular weight is 356 g/mol. The molecule has 0 heterocycles. The molecule has 138 valence electrons. The molecule has 0 aliphatic heterocycles. The molecule has 0 aliphatic rings. The van der Waals surface area contributed by atoms with Crippen LogP contribution in [0.2, 0.25) is 0 Å². The van der Waals surface area contributed by atoms with Crippen LogP contribution in [0.15, 0.2) is 36.4 Å². The van der Waals surface area contributed by atoms with Gasteiger partial charge in [-0.05, 0) is 30.4 Å². The van der Waals surface area contributed by atoms with Crippen LogP contribution in [0.1, 0.15) is 60.2 Å². The zero-order valence-electron chi connectivity index (χ0n) is 15.2. The van der Waals surface area contributed by atoms with Crippen LogP contribution in [0.4, 0.5) is 0 Å². The van der Waals surface area contributed by atoms with Crippen molar-refractivity contribution < 1.29 is 24.9 Å². The number of carbonyl (C=O) groups excluding carboxylic acids is 1. The van der Waals surface area contributed by atoms with Gasteiger partial charge in [-0.1, -0.05) is 51.1 Å². The molecule has 5 heteroatoms. The fourth-order valence-corrected chi connectivity index (χ4v) is 3.01. The standard InChI is InChI=1S/C21H24O5/c1-4-15(21(25)26)16-9-10-17(20(24)19(16)23)18(22)14-7-5-13(6-8-14)11-12(2)3/h5-10,12,15,23-24H,4,11H2,1-3H3,(H,25,26). The quantitative estimate of drug-likeness (QED) is 0.513. The summed E-state index contributed by atoms with van der Waals surface area (Å²) in [6.45, 7) is 5.90. The minimum atomic E-state index is -1.10. The number of phenols is 2. The first-order chi connectivity index (χ1) is 12.3. The predicted molar refractivity (Wildman–Crippen MR) is 98.9 cm³/mol. The summed E-state index contributed by atoms with van der Waals surface area (Å²) in [6, 6.07) is 9.87. The zero-order chi connectivity index (χ0) is 19.4. The van der Waals surface area contributed by atoms with Crippen molar-refractivity contribution >= 4 is 11.8 Å². The van der Waals surface area contributed by atoms with E-state index in [-0.39, 0.29) is 17.5 Å². The molecule has 26 heavy (non-hydrogen) atoms. The lowest BCUT2D eigenvalue weighted by molar-refractivity contribution is -0.138. The summed E-state index contributed by atoms with van der Waals surface area (Å²) in [7, 11) is 0. The number of aliphatic carboxylic acids is 1. The fraction of sp³-hybridized carbons (Fsp3) is 0.333. The van der Waals surface area contributed by atoms with Gasteiger partial charge in [-0.3, -0.25) is 9.59 Å². The number of carbonyl (C=O) groups is 2. The first-order valence-electron chi connectivity index (χ1n) is 8.67. The van der Waals surface area contributed by atoms with Gasteiger partial charge >= 0.3 is 5.97 Å². The summed E-state index contributed by atoms with van der Waals surface area (Å²) >= 11 is 0. The van der Waals surface area contributed by atoms with Gasteiger partial charge in [-0.2, -0.15) is 0 Å². The molecule has 3 N–H and O–H groups in total. The predicted octanol–water partition coefficient (Wildman–Crippen LogP) is 4.11. The number of hydrogen-bond acceptors (Lipinski definition) is 4. The van der Waals surface area contributed by atoms with Gasteiger partial charge in [0.15, 0.2) is 17.3 Å². The van der Waals surface area contributed by atoms with Crippen LogP contribution < -0.4 is 0 Å². The zero-order valence-corrected chi connectivity index (χ0v) is 15.2. The van der Waals surface area contributed by atoms with Gasteiger partial charge in [0.05, 0.1) is 11.5 Å². The maximum atomic E-state index is 12.6. The van der Waals surface area contributed by atoms with Crippen molar-refractivity contribution in [3.05, 3.63) is 58.7 Å². The van der Waals surface area contributed by atoms with E-state index in [0.717, 1.165) is 12.0 Å². The van der Waals surface area contributed by atoms with E-state index in [2.05, 4.69) is 13.8 Å². The Hall–Kier alpha value is -2.82. The van der Waals surface area contributed by atoms with E-state index in [1.165, 1.54) is 12.1 Å². The Morgan fingerprint density at radius 1 is 0.962 bits per heavy atom. The normalized spacial score (nSPS) is 12.2. The van der Waals surface area contributed by atoms with Gasteiger partial charge in [0, 0.05) is 11.1 Å². The minimum absolute atomic E-state index is 0.0527. The molecule has 0 bridgehead atoms. The molecule has 0 fully saturated rings. The number of benzene rings is 2. The van der Waals surface area contributed by atoms with Crippen molar-refractivity contribution in [2.45, 2.75) is 39.5 Å². The number of rotatable bonds is 7. The third kappa shape index (κ3) is 4.04. The molecular formula is C21H24O5. The van der Waals surface area contributed by atoms with Crippen molar-refractivity contribution in [2.75, 3.05) is 0 Å². The third-order valence-corrected chi connectivity index (χ3v) is 4.37. The summed E-state index contributed by atoms with van der Waals surface area (Å²) in [5, 5.41) is 29.7. The Kier molecular flexibility index (Phi) is 6.03. The van der Waals surface area contributed by atoms with Gasteiger partial charge in [0.25, 0.3) is 0 Å². The van der Waals surface area contributed by atoms with Crippen LogP contribution in [-0.2, 0) is 11.2 Å². The number of ketones is 1. The summed E-state index contributed by atoms with van der Waals surface area (Å²) in [6.07, 6.45) is 1.16. The SMILES string of the molecule is CCC(C(=O)O)c1ccc(C(=O)c2ccc(CC(C)C)cc2)c(O)c1O. The van der Waals surface area contributed by atoms with E-state index in [4.69, 9.17) is 0 Å². The molecule has 1 atom stereocenters. The van der Waals surface area contributed by atoms with Gasteiger partial charge in [0.1, 0.15) is 0 Å². The topological polar surface area (TPSA) is 94.8 Å². The number of hydrogen-bond donors (Lipinski definition) is 3. The van der Waals surface area contributed by atoms with E-state index in [9.17, 15) is 24.9 Å². The maximum absolute atomic E-state index is 12.6. The molecule has 0 radical (unpaired) electrons. The van der Waals surface area contributed by atoms with E-state index in [1.54, 1.807) is 19.1 Å². The van der Waals surface area contributed by atoms with Crippen molar-refractivity contribution in [2.24, 2.45) is 5.92 Å². The molecule has 0 saturated heterocycles. The summed E-state index contributed by atoms with van der Waals surface area (Å²) in [4.78, 5) is 23.9. The number of phenolic OH excluding ortho intramolecular Hbond substituents is 2. The Morgan fingerprint density at radius 2 is 1.58 bits per heavy atom. The van der Waals surface area contributed by atoms with Crippen molar-refractivity contribution in [3.8, 4) is 11.5 Å². The Morgan fingerprint density at radius 3 is 2.08 bits per heavy atom. The second-order valence-electron chi connectivity index (χ2n) is 6.82. The Balaban J connectivity index is 2.35. The molecule has 2 rings (SSSR count). The molecular weight excluding hydrogens is 332 g/mol. The number of carboxylic acid groups (broad SMARTS) is 1. The summed E-state index contributed by atoms with van der Waals surface area (Å²) in [5.74, 6) is -3.10. The molecule has 0 aromatic heterocycles. The molecule has 0 spiro atoms. The fourth-order valence-electron chi connectivity index (χ4n) is 3.01. The number of aromatic hydroxyl groups is 2. The van der Waals surface area contributed by atoms with E-state index < -0.39 is 29.2 Å². The average Bonchev–Trinajstić information content (AvgIpc) is 2.58. The van der Waals surface area contributed by atoms with Crippen LogP contribution in [0, 0.1) is 5.92 Å². The summed E-state index contributed by atoms with van der Waals surface area (Å²) < 4.78 is 0. The van der Waals surface area contributed by atoms with E-state index >= 15 is 0 Å². The van der Waals surface area contributed by atoms with Gasteiger partial charge in [-0.25, -0.2) is 0 Å². The lowest BCUT2D eigenvalue weighted by atomic mass is 9.92. The van der Waals surface area contributed by atoms with Crippen molar-refractivity contribution in [1.82, 2.24) is 0 Å². The second-order valence-corrected chi connectivity index (χ2v) is 6.82. The van der Waals surface area contributed by atoms with Crippen molar-refractivity contribution in [3.63, 3.8) is 0 Å². The second kappa shape index (κ2) is 8.04. The first kappa shape index (κ1) is 19.5. The van der Waals surface area contributed by atoms with Crippen LogP contribution in [0.5, 0.6) is 11.5 Å². The molecule has 5 nitrogen and oxygen atoms in total. The Labute approximate surface area is 152 Å².